The van der Waals surface area contributed by atoms with Crippen LogP contribution in [-0.2, 0) is 0 Å². The van der Waals surface area contributed by atoms with Gasteiger partial charge in [0.1, 0.15) is 5.75 Å². The first-order valence-electron chi connectivity index (χ1n) is 3.00. The minimum atomic E-state index is -0.625. The number of aromatic hydroxyl groups is 1. The summed E-state index contributed by atoms with van der Waals surface area (Å²) in [6.07, 6.45) is 1.39. The second kappa shape index (κ2) is 3.51. The third-order valence-corrected chi connectivity index (χ3v) is 1.61. The van der Waals surface area contributed by atoms with Crippen molar-refractivity contribution in [3.05, 3.63) is 22.4 Å². The molecule has 12 heavy (non-hydrogen) atoms. The van der Waals surface area contributed by atoms with Crippen molar-refractivity contribution in [1.29, 1.82) is 0 Å². The number of carbonyl (C=O) groups is 1. The van der Waals surface area contributed by atoms with Crippen LogP contribution in [-0.4, -0.2) is 16.0 Å². The number of hydrazine groups is 1. The molecule has 0 atom stereocenters. The van der Waals surface area contributed by atoms with E-state index >= 15 is 0 Å². The predicted octanol–water partition coefficient (Wildman–Crippen LogP) is 0.153. The molecule has 1 amide bonds. The van der Waals surface area contributed by atoms with Crippen molar-refractivity contribution in [3.63, 3.8) is 0 Å². The van der Waals surface area contributed by atoms with Crippen LogP contribution >= 0.6 is 15.9 Å². The van der Waals surface area contributed by atoms with E-state index in [9.17, 15) is 9.90 Å². The zero-order chi connectivity index (χ0) is 9.14. The van der Waals surface area contributed by atoms with Gasteiger partial charge >= 0.3 is 0 Å². The van der Waals surface area contributed by atoms with Crippen LogP contribution in [0.2, 0.25) is 0 Å². The van der Waals surface area contributed by atoms with Gasteiger partial charge in [0.25, 0.3) is 5.91 Å². The summed E-state index contributed by atoms with van der Waals surface area (Å²) in [6.45, 7) is 0. The molecule has 0 aliphatic rings. The summed E-state index contributed by atoms with van der Waals surface area (Å²) < 4.78 is 0.591. The number of nitrogens with zero attached hydrogens (tertiary/aromatic N) is 1. The monoisotopic (exact) mass is 231 g/mol. The fourth-order valence-electron chi connectivity index (χ4n) is 0.672. The number of nitrogen functional groups attached to an aromatic ring is 1. The lowest BCUT2D eigenvalue weighted by Crippen LogP contribution is -2.30. The lowest BCUT2D eigenvalue weighted by molar-refractivity contribution is 0.0945. The fraction of sp³-hybridized carbons (Fsp3) is 0. The Bertz CT molecular complexity index is 316. The van der Waals surface area contributed by atoms with E-state index in [-0.39, 0.29) is 11.4 Å². The summed E-state index contributed by atoms with van der Waals surface area (Å²) in [4.78, 5) is 14.5. The fourth-order valence-corrected chi connectivity index (χ4v) is 0.991. The molecule has 0 aliphatic carbocycles. The molecular formula is C6H6BrN3O2. The molecule has 0 radical (unpaired) electrons. The Labute approximate surface area is 76.7 Å². The molecule has 0 spiro atoms. The van der Waals surface area contributed by atoms with E-state index < -0.39 is 5.91 Å². The van der Waals surface area contributed by atoms with E-state index in [0.717, 1.165) is 0 Å². The minimum Gasteiger partial charge on any atom is -0.505 e. The van der Waals surface area contributed by atoms with Gasteiger partial charge in [-0.2, -0.15) is 0 Å². The van der Waals surface area contributed by atoms with Crippen molar-refractivity contribution >= 4 is 21.8 Å². The van der Waals surface area contributed by atoms with Gasteiger partial charge in [-0.1, -0.05) is 0 Å². The van der Waals surface area contributed by atoms with Crippen molar-refractivity contribution < 1.29 is 9.90 Å². The molecule has 0 saturated carbocycles. The van der Waals surface area contributed by atoms with Gasteiger partial charge in [0.15, 0.2) is 5.69 Å². The van der Waals surface area contributed by atoms with E-state index in [1.165, 1.54) is 12.3 Å². The number of carbonyl (C=O) groups excluding carboxylic acids is 1. The van der Waals surface area contributed by atoms with Crippen LogP contribution in [0, 0.1) is 0 Å². The minimum absolute atomic E-state index is 0.0966. The first kappa shape index (κ1) is 8.95. The first-order valence-corrected chi connectivity index (χ1v) is 3.80. The zero-order valence-corrected chi connectivity index (χ0v) is 7.50. The average molecular weight is 232 g/mol. The smallest absolute Gasteiger partial charge is 0.287 e. The van der Waals surface area contributed by atoms with Crippen molar-refractivity contribution in [3.8, 4) is 5.75 Å². The Kier molecular flexibility index (Phi) is 2.61. The van der Waals surface area contributed by atoms with E-state index in [1.807, 2.05) is 5.43 Å². The van der Waals surface area contributed by atoms with E-state index in [2.05, 4.69) is 20.9 Å². The van der Waals surface area contributed by atoms with Crippen molar-refractivity contribution in [2.45, 2.75) is 0 Å². The second-order valence-electron chi connectivity index (χ2n) is 1.99. The molecule has 64 valence electrons. The molecule has 1 rings (SSSR count). The Balaban J connectivity index is 3.09. The second-order valence-corrected chi connectivity index (χ2v) is 2.91. The lowest BCUT2D eigenvalue weighted by atomic mass is 10.3. The van der Waals surface area contributed by atoms with Crippen LogP contribution in [0.25, 0.3) is 0 Å². The SMILES string of the molecule is NNC(=O)c1ncc(Br)cc1O. The summed E-state index contributed by atoms with van der Waals surface area (Å²) >= 11 is 3.08. The number of rotatable bonds is 1. The van der Waals surface area contributed by atoms with E-state index in [0.29, 0.717) is 4.47 Å². The average Bonchev–Trinajstić information content (AvgIpc) is 2.03. The summed E-state index contributed by atoms with van der Waals surface area (Å²) in [5.41, 5.74) is 1.77. The summed E-state index contributed by atoms with van der Waals surface area (Å²) in [6, 6.07) is 1.36. The zero-order valence-electron chi connectivity index (χ0n) is 5.91. The van der Waals surface area contributed by atoms with Crippen molar-refractivity contribution in [1.82, 2.24) is 10.4 Å². The third kappa shape index (κ3) is 1.72. The molecule has 1 heterocycles. The molecule has 0 bridgehead atoms. The molecule has 0 saturated heterocycles. The maximum Gasteiger partial charge on any atom is 0.287 e. The molecule has 1 aromatic rings. The number of nitrogens with one attached hydrogen (secondary N) is 1. The molecular weight excluding hydrogens is 226 g/mol. The third-order valence-electron chi connectivity index (χ3n) is 1.18. The Morgan fingerprint density at radius 2 is 2.42 bits per heavy atom. The summed E-state index contributed by atoms with van der Waals surface area (Å²) in [7, 11) is 0. The molecule has 6 heteroatoms. The van der Waals surface area contributed by atoms with Gasteiger partial charge in [-0.15, -0.1) is 0 Å². The molecule has 5 nitrogen and oxygen atoms in total. The Morgan fingerprint density at radius 1 is 1.75 bits per heavy atom. The molecule has 0 aliphatic heterocycles. The van der Waals surface area contributed by atoms with Gasteiger partial charge in [0, 0.05) is 10.7 Å². The molecule has 0 aromatic carbocycles. The quantitative estimate of drug-likeness (QED) is 0.365. The highest BCUT2D eigenvalue weighted by Crippen LogP contribution is 2.18. The first-order chi connectivity index (χ1) is 5.65. The van der Waals surface area contributed by atoms with E-state index in [4.69, 9.17) is 5.84 Å². The number of hydrogen-bond donors (Lipinski definition) is 3. The van der Waals surface area contributed by atoms with Crippen LogP contribution in [0.15, 0.2) is 16.7 Å². The van der Waals surface area contributed by atoms with Crippen LogP contribution in [0.5, 0.6) is 5.75 Å². The number of pyridine rings is 1. The highest BCUT2D eigenvalue weighted by molar-refractivity contribution is 9.10. The molecule has 0 unspecified atom stereocenters. The highest BCUT2D eigenvalue weighted by Gasteiger charge is 2.10. The normalized spacial score (nSPS) is 9.50. The largest absolute Gasteiger partial charge is 0.505 e. The molecule has 0 fully saturated rings. The molecule has 1 aromatic heterocycles. The number of aromatic nitrogens is 1. The Hall–Kier alpha value is -1.14. The summed E-state index contributed by atoms with van der Waals surface area (Å²) in [5.74, 6) is 4.01. The van der Waals surface area contributed by atoms with Gasteiger partial charge < -0.3 is 5.11 Å². The van der Waals surface area contributed by atoms with Gasteiger partial charge in [-0.3, -0.25) is 10.2 Å². The van der Waals surface area contributed by atoms with Crippen molar-refractivity contribution in [2.24, 2.45) is 5.84 Å². The number of nitrogens with two attached hydrogens (primary N) is 1. The predicted molar refractivity (Wildman–Crippen MR) is 45.3 cm³/mol. The van der Waals surface area contributed by atoms with Gasteiger partial charge in [-0.05, 0) is 22.0 Å². The van der Waals surface area contributed by atoms with Crippen LogP contribution in [0.3, 0.4) is 0 Å². The van der Waals surface area contributed by atoms with Gasteiger partial charge in [0.05, 0.1) is 0 Å². The van der Waals surface area contributed by atoms with Gasteiger partial charge in [0.2, 0.25) is 0 Å². The Morgan fingerprint density at radius 3 is 2.92 bits per heavy atom. The maximum absolute atomic E-state index is 10.9. The highest BCUT2D eigenvalue weighted by atomic mass is 79.9. The van der Waals surface area contributed by atoms with Gasteiger partial charge in [-0.25, -0.2) is 10.8 Å². The number of halogens is 1. The summed E-state index contributed by atoms with van der Waals surface area (Å²) in [5, 5.41) is 9.18. The van der Waals surface area contributed by atoms with Crippen LogP contribution < -0.4 is 11.3 Å². The lowest BCUT2D eigenvalue weighted by Gasteiger charge is -2.00. The standard InChI is InChI=1S/C6H6BrN3O2/c7-3-1-4(11)5(9-2-3)6(12)10-8/h1-2,11H,8H2,(H,10,12). The van der Waals surface area contributed by atoms with Crippen molar-refractivity contribution in [2.75, 3.05) is 0 Å². The number of hydrogen-bond acceptors (Lipinski definition) is 4. The maximum atomic E-state index is 10.9. The van der Waals surface area contributed by atoms with Crippen LogP contribution in [0.4, 0.5) is 0 Å². The topological polar surface area (TPSA) is 88.2 Å². The van der Waals surface area contributed by atoms with Crippen LogP contribution in [0.1, 0.15) is 10.5 Å². The van der Waals surface area contributed by atoms with E-state index in [1.54, 1.807) is 0 Å². The number of amides is 1. The molecule has 4 N–H and O–H groups in total.